The molecule has 0 aliphatic rings. The van der Waals surface area contributed by atoms with Gasteiger partial charge in [-0.3, -0.25) is 15.0 Å². The number of hydrazine groups is 1. The van der Waals surface area contributed by atoms with Crippen LogP contribution in [0.1, 0.15) is 54.0 Å². The molecule has 1 N–H and O–H groups in total. The summed E-state index contributed by atoms with van der Waals surface area (Å²) >= 11 is 5.88. The van der Waals surface area contributed by atoms with Gasteiger partial charge in [-0.05, 0) is 69.2 Å². The lowest BCUT2D eigenvalue weighted by Gasteiger charge is -2.35. The van der Waals surface area contributed by atoms with E-state index in [0.29, 0.717) is 16.1 Å². The van der Waals surface area contributed by atoms with Crippen LogP contribution < -0.4 is 5.43 Å². The molecule has 156 valence electrons. The van der Waals surface area contributed by atoms with Crippen LogP contribution in [0.4, 0.5) is 0 Å². The molecule has 0 aromatic heterocycles. The van der Waals surface area contributed by atoms with Crippen molar-refractivity contribution in [1.29, 1.82) is 0 Å². The van der Waals surface area contributed by atoms with Gasteiger partial charge in [0.2, 0.25) is 0 Å². The number of rotatable bonds is 3. The van der Waals surface area contributed by atoms with Crippen LogP contribution in [0, 0.1) is 0 Å². The molecule has 0 spiro atoms. The molecule has 0 saturated carbocycles. The zero-order valence-corrected chi connectivity index (χ0v) is 19.4. The Morgan fingerprint density at radius 1 is 0.893 bits per heavy atom. The average Bonchev–Trinajstić information content (AvgIpc) is 2.58. The lowest BCUT2D eigenvalue weighted by molar-refractivity contribution is 0.0358. The van der Waals surface area contributed by atoms with Crippen molar-refractivity contribution in [3.63, 3.8) is 0 Å². The standard InChI is InChI=1S/C20H23ClN2O2.3ClH/c1-5-14-6-8-15(9-7-14)18(24)22-23(20(2,3)4)19(25)16-10-12-17(21)13-11-16;;;/h6-13H,5H2,1-4H3,(H,22,24);3*1H. The highest BCUT2D eigenvalue weighted by Gasteiger charge is 2.29. The molecule has 2 aromatic carbocycles. The molecule has 0 heterocycles. The topological polar surface area (TPSA) is 49.4 Å². The second kappa shape index (κ2) is 12.2. The Hall–Kier alpha value is -1.46. The zero-order valence-electron chi connectivity index (χ0n) is 16.2. The average molecular weight is 468 g/mol. The number of nitrogens with zero attached hydrogens (tertiary/aromatic N) is 1. The number of aryl methyl sites for hydroxylation is 1. The molecular formula is C20H26Cl4N2O2. The van der Waals surface area contributed by atoms with Crippen LogP contribution in [-0.2, 0) is 6.42 Å². The second-order valence-electron chi connectivity index (χ2n) is 6.81. The largest absolute Gasteiger partial charge is 0.272 e. The van der Waals surface area contributed by atoms with Crippen molar-refractivity contribution in [2.24, 2.45) is 0 Å². The van der Waals surface area contributed by atoms with E-state index in [1.807, 2.05) is 32.9 Å². The fourth-order valence-electron chi connectivity index (χ4n) is 2.30. The van der Waals surface area contributed by atoms with Crippen LogP contribution in [0.2, 0.25) is 5.02 Å². The summed E-state index contributed by atoms with van der Waals surface area (Å²) in [4.78, 5) is 25.4. The van der Waals surface area contributed by atoms with Crippen LogP contribution in [0.5, 0.6) is 0 Å². The predicted octanol–water partition coefficient (Wildman–Crippen LogP) is 5.75. The number of halogens is 4. The minimum atomic E-state index is -0.588. The molecule has 0 radical (unpaired) electrons. The summed E-state index contributed by atoms with van der Waals surface area (Å²) in [5, 5.41) is 1.91. The smallest absolute Gasteiger partial charge is 0.267 e. The summed E-state index contributed by atoms with van der Waals surface area (Å²) < 4.78 is 0. The highest BCUT2D eigenvalue weighted by atomic mass is 35.5. The number of nitrogens with one attached hydrogen (secondary N) is 1. The molecule has 0 aliphatic carbocycles. The molecule has 8 heteroatoms. The monoisotopic (exact) mass is 466 g/mol. The molecule has 0 atom stereocenters. The van der Waals surface area contributed by atoms with E-state index in [2.05, 4.69) is 12.3 Å². The van der Waals surface area contributed by atoms with Crippen LogP contribution >= 0.6 is 48.8 Å². The van der Waals surface area contributed by atoms with Crippen molar-refractivity contribution in [1.82, 2.24) is 10.4 Å². The van der Waals surface area contributed by atoms with Crippen molar-refractivity contribution in [3.05, 3.63) is 70.2 Å². The van der Waals surface area contributed by atoms with Gasteiger partial charge < -0.3 is 0 Å². The van der Waals surface area contributed by atoms with E-state index >= 15 is 0 Å². The van der Waals surface area contributed by atoms with Crippen LogP contribution in [0.15, 0.2) is 48.5 Å². The third-order valence-electron chi connectivity index (χ3n) is 3.80. The fourth-order valence-corrected chi connectivity index (χ4v) is 2.43. The summed E-state index contributed by atoms with van der Waals surface area (Å²) in [7, 11) is 0. The van der Waals surface area contributed by atoms with Gasteiger partial charge in [-0.2, -0.15) is 0 Å². The molecule has 28 heavy (non-hydrogen) atoms. The molecule has 0 fully saturated rings. The highest BCUT2D eigenvalue weighted by molar-refractivity contribution is 6.30. The summed E-state index contributed by atoms with van der Waals surface area (Å²) in [5.74, 6) is -0.609. The first-order valence-electron chi connectivity index (χ1n) is 8.22. The van der Waals surface area contributed by atoms with E-state index in [-0.39, 0.29) is 49.0 Å². The lowest BCUT2D eigenvalue weighted by atomic mass is 10.1. The van der Waals surface area contributed by atoms with Crippen LogP contribution in [-0.4, -0.2) is 22.4 Å². The molecule has 2 rings (SSSR count). The molecule has 2 aromatic rings. The van der Waals surface area contributed by atoms with Crippen LogP contribution in [0.3, 0.4) is 0 Å². The number of amides is 2. The van der Waals surface area contributed by atoms with Crippen molar-refractivity contribution >= 4 is 60.6 Å². The van der Waals surface area contributed by atoms with Crippen molar-refractivity contribution in [2.45, 2.75) is 39.7 Å². The summed E-state index contributed by atoms with van der Waals surface area (Å²) in [6.07, 6.45) is 0.908. The maximum atomic E-state index is 12.8. The Morgan fingerprint density at radius 2 is 1.36 bits per heavy atom. The molecule has 0 bridgehead atoms. The van der Waals surface area contributed by atoms with Crippen molar-refractivity contribution < 1.29 is 9.59 Å². The maximum absolute atomic E-state index is 12.8. The van der Waals surface area contributed by atoms with E-state index in [1.54, 1.807) is 36.4 Å². The Bertz CT molecular complexity index is 757. The van der Waals surface area contributed by atoms with Gasteiger partial charge in [0.25, 0.3) is 11.8 Å². The number of carbonyl (C=O) groups is 2. The first-order valence-corrected chi connectivity index (χ1v) is 8.60. The molecule has 0 saturated heterocycles. The highest BCUT2D eigenvalue weighted by Crippen LogP contribution is 2.17. The van der Waals surface area contributed by atoms with Gasteiger partial charge in [-0.25, -0.2) is 5.01 Å². The predicted molar refractivity (Wildman–Crippen MR) is 122 cm³/mol. The van der Waals surface area contributed by atoms with Crippen molar-refractivity contribution in [3.8, 4) is 0 Å². The number of hydrogen-bond acceptors (Lipinski definition) is 2. The first kappa shape index (κ1) is 28.7. The minimum absolute atomic E-state index is 0. The van der Waals surface area contributed by atoms with Gasteiger partial charge in [0.1, 0.15) is 0 Å². The van der Waals surface area contributed by atoms with Gasteiger partial charge in [0.05, 0.1) is 5.54 Å². The third kappa shape index (κ3) is 7.51. The molecule has 4 nitrogen and oxygen atoms in total. The number of benzene rings is 2. The SMILES string of the molecule is CCc1ccc(C(=O)NN(C(=O)c2ccc(Cl)cc2)C(C)(C)C)cc1.Cl.Cl.Cl. The zero-order chi connectivity index (χ0) is 18.6. The lowest BCUT2D eigenvalue weighted by Crippen LogP contribution is -2.55. The van der Waals surface area contributed by atoms with Gasteiger partial charge >= 0.3 is 0 Å². The van der Waals surface area contributed by atoms with E-state index in [4.69, 9.17) is 11.6 Å². The molecular weight excluding hydrogens is 442 g/mol. The Balaban J connectivity index is 0. The Morgan fingerprint density at radius 3 is 1.79 bits per heavy atom. The Labute approximate surface area is 190 Å². The maximum Gasteiger partial charge on any atom is 0.272 e. The van der Waals surface area contributed by atoms with Gasteiger partial charge in [0, 0.05) is 16.1 Å². The van der Waals surface area contributed by atoms with Crippen molar-refractivity contribution in [2.75, 3.05) is 0 Å². The molecule has 0 unspecified atom stereocenters. The number of hydrogen-bond donors (Lipinski definition) is 1. The van der Waals surface area contributed by atoms with E-state index < -0.39 is 5.54 Å². The van der Waals surface area contributed by atoms with E-state index in [1.165, 1.54) is 5.01 Å². The summed E-state index contributed by atoms with van der Waals surface area (Å²) in [5.41, 5.74) is 4.27. The Kier molecular flexibility index (Phi) is 12.5. The van der Waals surface area contributed by atoms with Gasteiger partial charge in [-0.1, -0.05) is 30.7 Å². The van der Waals surface area contributed by atoms with E-state index in [9.17, 15) is 9.59 Å². The first-order chi connectivity index (χ1) is 11.7. The minimum Gasteiger partial charge on any atom is -0.267 e. The van der Waals surface area contributed by atoms with Gasteiger partial charge in [-0.15, -0.1) is 37.2 Å². The third-order valence-corrected chi connectivity index (χ3v) is 4.05. The normalized spacial score (nSPS) is 9.89. The van der Waals surface area contributed by atoms with E-state index in [0.717, 1.165) is 12.0 Å². The molecule has 2 amide bonds. The number of carbonyl (C=O) groups excluding carboxylic acids is 2. The molecule has 0 aliphatic heterocycles. The van der Waals surface area contributed by atoms with Crippen LogP contribution in [0.25, 0.3) is 0 Å². The quantitative estimate of drug-likeness (QED) is 0.583. The summed E-state index contributed by atoms with van der Waals surface area (Å²) in [6.45, 7) is 7.64. The fraction of sp³-hybridized carbons (Fsp3) is 0.300. The summed E-state index contributed by atoms with van der Waals surface area (Å²) in [6, 6.07) is 14.0. The van der Waals surface area contributed by atoms with Gasteiger partial charge in [0.15, 0.2) is 0 Å². The second-order valence-corrected chi connectivity index (χ2v) is 7.25.